The molecule has 8 heteroatoms. The van der Waals surface area contributed by atoms with Crippen LogP contribution in [0.4, 0.5) is 5.69 Å². The number of non-ortho nitro benzene ring substituents is 1. The first-order valence-corrected chi connectivity index (χ1v) is 7.90. The summed E-state index contributed by atoms with van der Waals surface area (Å²) in [7, 11) is 0. The molecule has 2 amide bonds. The Morgan fingerprint density at radius 2 is 1.77 bits per heavy atom. The molecule has 2 rings (SSSR count). The van der Waals surface area contributed by atoms with Crippen LogP contribution >= 0.6 is 0 Å². The van der Waals surface area contributed by atoms with Gasteiger partial charge in [-0.05, 0) is 43.2 Å². The molecule has 0 heterocycles. The maximum atomic E-state index is 11.9. The molecule has 2 aromatic rings. The molecule has 0 saturated heterocycles. The molecular weight excluding hydrogens is 338 g/mol. The predicted octanol–water partition coefficient (Wildman–Crippen LogP) is 2.44. The fourth-order valence-corrected chi connectivity index (χ4v) is 2.11. The molecular formula is C18H19N3O5. The van der Waals surface area contributed by atoms with Gasteiger partial charge in [-0.25, -0.2) is 0 Å². The summed E-state index contributed by atoms with van der Waals surface area (Å²) >= 11 is 0. The summed E-state index contributed by atoms with van der Waals surface area (Å²) in [4.78, 5) is 33.7. The van der Waals surface area contributed by atoms with Crippen LogP contribution in [0.3, 0.4) is 0 Å². The summed E-state index contributed by atoms with van der Waals surface area (Å²) in [6.45, 7) is 4.04. The van der Waals surface area contributed by atoms with Crippen molar-refractivity contribution >= 4 is 17.5 Å². The average molecular weight is 357 g/mol. The molecule has 0 bridgehead atoms. The van der Waals surface area contributed by atoms with Gasteiger partial charge in [0.1, 0.15) is 5.75 Å². The van der Waals surface area contributed by atoms with Gasteiger partial charge in [0.2, 0.25) is 5.91 Å². The zero-order chi connectivity index (χ0) is 19.1. The first kappa shape index (κ1) is 18.9. The predicted molar refractivity (Wildman–Crippen MR) is 94.7 cm³/mol. The molecule has 0 aliphatic carbocycles. The third-order valence-electron chi connectivity index (χ3n) is 3.59. The van der Waals surface area contributed by atoms with Crippen LogP contribution in [-0.2, 0) is 4.79 Å². The SMILES string of the molecule is Cc1ccc(C)c(OCCC(=O)NNC(=O)c2ccc([N+](=O)[O-])cc2)c1. The van der Waals surface area contributed by atoms with Crippen LogP contribution < -0.4 is 15.6 Å². The third-order valence-corrected chi connectivity index (χ3v) is 3.59. The molecule has 0 unspecified atom stereocenters. The Bertz CT molecular complexity index is 818. The molecule has 2 N–H and O–H groups in total. The lowest BCUT2D eigenvalue weighted by Crippen LogP contribution is -2.42. The Labute approximate surface area is 150 Å². The summed E-state index contributed by atoms with van der Waals surface area (Å²) < 4.78 is 5.58. The number of hydrogen-bond acceptors (Lipinski definition) is 5. The standard InChI is InChI=1S/C18H19N3O5/c1-12-3-4-13(2)16(11-12)26-10-9-17(22)19-20-18(23)14-5-7-15(8-6-14)21(24)25/h3-8,11H,9-10H2,1-2H3,(H,19,22)(H,20,23). The Balaban J connectivity index is 1.76. The number of nitro groups is 1. The molecule has 0 aliphatic heterocycles. The van der Waals surface area contributed by atoms with Crippen LogP contribution in [0.1, 0.15) is 27.9 Å². The highest BCUT2D eigenvalue weighted by Crippen LogP contribution is 2.19. The molecule has 0 aromatic heterocycles. The Hall–Kier alpha value is -3.42. The third kappa shape index (κ3) is 5.30. The van der Waals surface area contributed by atoms with E-state index in [4.69, 9.17) is 4.74 Å². The summed E-state index contributed by atoms with van der Waals surface area (Å²) in [5.74, 6) is -0.262. The number of benzene rings is 2. The van der Waals surface area contributed by atoms with Gasteiger partial charge in [0.25, 0.3) is 11.6 Å². The van der Waals surface area contributed by atoms with Gasteiger partial charge in [-0.1, -0.05) is 12.1 Å². The summed E-state index contributed by atoms with van der Waals surface area (Å²) in [6.07, 6.45) is 0.0634. The van der Waals surface area contributed by atoms with Crippen molar-refractivity contribution < 1.29 is 19.2 Å². The minimum absolute atomic E-state index is 0.0634. The smallest absolute Gasteiger partial charge is 0.269 e. The lowest BCUT2D eigenvalue weighted by Gasteiger charge is -2.10. The van der Waals surface area contributed by atoms with Crippen LogP contribution in [0, 0.1) is 24.0 Å². The van der Waals surface area contributed by atoms with E-state index < -0.39 is 16.7 Å². The van der Waals surface area contributed by atoms with E-state index in [2.05, 4.69) is 10.9 Å². The number of aryl methyl sites for hydroxylation is 2. The lowest BCUT2D eigenvalue weighted by atomic mass is 10.1. The molecule has 0 spiro atoms. The van der Waals surface area contributed by atoms with Crippen molar-refractivity contribution in [1.82, 2.24) is 10.9 Å². The highest BCUT2D eigenvalue weighted by Gasteiger charge is 2.10. The highest BCUT2D eigenvalue weighted by atomic mass is 16.6. The first-order valence-electron chi connectivity index (χ1n) is 7.90. The Morgan fingerprint density at radius 3 is 2.42 bits per heavy atom. The minimum atomic E-state index is -0.566. The summed E-state index contributed by atoms with van der Waals surface area (Å²) in [5, 5.41) is 10.6. The van der Waals surface area contributed by atoms with Gasteiger partial charge >= 0.3 is 0 Å². The molecule has 2 aromatic carbocycles. The molecule has 0 saturated carbocycles. The highest BCUT2D eigenvalue weighted by molar-refractivity contribution is 5.95. The lowest BCUT2D eigenvalue weighted by molar-refractivity contribution is -0.384. The number of carbonyl (C=O) groups excluding carboxylic acids is 2. The Morgan fingerprint density at radius 1 is 1.08 bits per heavy atom. The summed E-state index contributed by atoms with van der Waals surface area (Å²) in [5.41, 5.74) is 6.65. The number of rotatable bonds is 6. The van der Waals surface area contributed by atoms with Crippen molar-refractivity contribution in [3.05, 3.63) is 69.3 Å². The molecule has 136 valence electrons. The van der Waals surface area contributed by atoms with Crippen molar-refractivity contribution in [1.29, 1.82) is 0 Å². The van der Waals surface area contributed by atoms with Crippen LogP contribution in [0.5, 0.6) is 5.75 Å². The van der Waals surface area contributed by atoms with Gasteiger partial charge in [0, 0.05) is 17.7 Å². The van der Waals surface area contributed by atoms with Gasteiger partial charge in [-0.15, -0.1) is 0 Å². The van der Waals surface area contributed by atoms with Crippen molar-refractivity contribution in [3.8, 4) is 5.75 Å². The number of ether oxygens (including phenoxy) is 1. The molecule has 0 fully saturated rings. The van der Waals surface area contributed by atoms with Crippen molar-refractivity contribution in [2.75, 3.05) is 6.61 Å². The summed E-state index contributed by atoms with van der Waals surface area (Å²) in [6, 6.07) is 10.9. The van der Waals surface area contributed by atoms with E-state index in [-0.39, 0.29) is 24.3 Å². The normalized spacial score (nSPS) is 10.1. The van der Waals surface area contributed by atoms with Crippen LogP contribution in [0.2, 0.25) is 0 Å². The van der Waals surface area contributed by atoms with Crippen molar-refractivity contribution in [3.63, 3.8) is 0 Å². The number of nitro benzene ring substituents is 1. The second kappa shape index (κ2) is 8.61. The number of nitrogens with one attached hydrogen (secondary N) is 2. The van der Waals surface area contributed by atoms with E-state index in [0.717, 1.165) is 11.1 Å². The minimum Gasteiger partial charge on any atom is -0.493 e. The first-order chi connectivity index (χ1) is 12.4. The zero-order valence-corrected chi connectivity index (χ0v) is 14.4. The van der Waals surface area contributed by atoms with Gasteiger partial charge < -0.3 is 4.74 Å². The van der Waals surface area contributed by atoms with Gasteiger partial charge in [-0.3, -0.25) is 30.6 Å². The van der Waals surface area contributed by atoms with Gasteiger partial charge in [-0.2, -0.15) is 0 Å². The molecule has 0 atom stereocenters. The topological polar surface area (TPSA) is 111 Å². The molecule has 0 aliphatic rings. The number of hydrazine groups is 1. The number of amides is 2. The fraction of sp³-hybridized carbons (Fsp3) is 0.222. The van der Waals surface area contributed by atoms with Gasteiger partial charge in [0.15, 0.2) is 0 Å². The van der Waals surface area contributed by atoms with Crippen LogP contribution in [-0.4, -0.2) is 23.3 Å². The van der Waals surface area contributed by atoms with E-state index >= 15 is 0 Å². The van der Waals surface area contributed by atoms with Gasteiger partial charge in [0.05, 0.1) is 18.0 Å². The largest absolute Gasteiger partial charge is 0.493 e. The van der Waals surface area contributed by atoms with E-state index in [9.17, 15) is 19.7 Å². The van der Waals surface area contributed by atoms with Crippen LogP contribution in [0.25, 0.3) is 0 Å². The monoisotopic (exact) mass is 357 g/mol. The molecule has 26 heavy (non-hydrogen) atoms. The fourth-order valence-electron chi connectivity index (χ4n) is 2.11. The van der Waals surface area contributed by atoms with Crippen molar-refractivity contribution in [2.45, 2.75) is 20.3 Å². The maximum Gasteiger partial charge on any atom is 0.269 e. The average Bonchev–Trinajstić information content (AvgIpc) is 2.62. The molecule has 0 radical (unpaired) electrons. The number of nitrogens with zero attached hydrogens (tertiary/aromatic N) is 1. The van der Waals surface area contributed by atoms with E-state index in [1.54, 1.807) is 0 Å². The van der Waals surface area contributed by atoms with E-state index in [1.807, 2.05) is 32.0 Å². The maximum absolute atomic E-state index is 11.9. The molecule has 8 nitrogen and oxygen atoms in total. The van der Waals surface area contributed by atoms with Crippen LogP contribution in [0.15, 0.2) is 42.5 Å². The van der Waals surface area contributed by atoms with Crippen molar-refractivity contribution in [2.24, 2.45) is 0 Å². The Kier molecular flexibility index (Phi) is 6.26. The van der Waals surface area contributed by atoms with E-state index in [0.29, 0.717) is 5.75 Å². The number of hydrogen-bond donors (Lipinski definition) is 2. The zero-order valence-electron chi connectivity index (χ0n) is 14.4. The second-order valence-corrected chi connectivity index (χ2v) is 5.67. The number of carbonyl (C=O) groups is 2. The second-order valence-electron chi connectivity index (χ2n) is 5.67. The quantitative estimate of drug-likeness (QED) is 0.609. The van der Waals surface area contributed by atoms with E-state index in [1.165, 1.54) is 24.3 Å².